The van der Waals surface area contributed by atoms with E-state index < -0.39 is 11.7 Å². The number of nitrogens with zero attached hydrogens (tertiary/aromatic N) is 3. The molecule has 40 heavy (non-hydrogen) atoms. The molecular formula is C32H20F3N5. The van der Waals surface area contributed by atoms with Crippen LogP contribution >= 0.6 is 0 Å². The lowest BCUT2D eigenvalue weighted by Crippen LogP contribution is -2.05. The van der Waals surface area contributed by atoms with E-state index in [2.05, 4.69) is 20.2 Å². The summed E-state index contributed by atoms with van der Waals surface area (Å²) in [5.74, 6) is 0. The molecule has 0 spiro atoms. The van der Waals surface area contributed by atoms with Crippen LogP contribution in [0.4, 0.5) is 24.5 Å². The highest BCUT2D eigenvalue weighted by molar-refractivity contribution is 5.99. The molecule has 194 valence electrons. The number of nitrogens with one attached hydrogen (secondary N) is 2. The predicted octanol–water partition coefficient (Wildman–Crippen LogP) is 9.97. The second-order valence-electron chi connectivity index (χ2n) is 9.47. The van der Waals surface area contributed by atoms with E-state index in [0.29, 0.717) is 22.3 Å². The summed E-state index contributed by atoms with van der Waals surface area (Å²) in [5.41, 5.74) is 4.73. The van der Waals surface area contributed by atoms with Crippen LogP contribution in [0.5, 0.6) is 0 Å². The van der Waals surface area contributed by atoms with E-state index in [0.717, 1.165) is 44.5 Å². The van der Waals surface area contributed by atoms with E-state index in [1.807, 2.05) is 79.0 Å². The van der Waals surface area contributed by atoms with Crippen LogP contribution in [0.15, 0.2) is 120 Å². The van der Waals surface area contributed by atoms with Gasteiger partial charge in [-0.3, -0.25) is 0 Å². The minimum absolute atomic E-state index is 0.249. The fraction of sp³-hybridized carbons (Fsp3) is 0.0312. The number of hydrogen-bond acceptors (Lipinski definition) is 3. The van der Waals surface area contributed by atoms with E-state index in [1.165, 1.54) is 6.07 Å². The topological polar surface area (TPSA) is 69.2 Å². The zero-order chi connectivity index (χ0) is 27.3. The van der Waals surface area contributed by atoms with Gasteiger partial charge in [0.25, 0.3) is 0 Å². The van der Waals surface area contributed by atoms with E-state index in [4.69, 9.17) is 4.98 Å². The van der Waals surface area contributed by atoms with Gasteiger partial charge in [-0.15, -0.1) is 10.2 Å². The molecule has 8 heteroatoms. The molecule has 0 aliphatic carbocycles. The minimum atomic E-state index is -4.62. The number of aromatic amines is 2. The first-order chi connectivity index (χ1) is 19.5. The van der Waals surface area contributed by atoms with Crippen molar-refractivity contribution in [2.75, 3.05) is 0 Å². The number of pyridine rings is 1. The molecule has 0 bridgehead atoms. The standard InChI is InChI=1S/C32H20F3N5/c33-32(34,35)25-16-19(12-14-30(25)39-40-31-18-37-27-10-4-2-7-23(27)31)20-8-5-11-28-22(20)13-15-29(38-28)24-17-36-26-9-3-1-6-21(24)26/h1-18,36-37H. The molecule has 0 saturated carbocycles. The van der Waals surface area contributed by atoms with Crippen molar-refractivity contribution >= 4 is 44.1 Å². The van der Waals surface area contributed by atoms with Crippen LogP contribution in [0.2, 0.25) is 0 Å². The van der Waals surface area contributed by atoms with E-state index in [1.54, 1.807) is 18.3 Å². The summed E-state index contributed by atoms with van der Waals surface area (Å²) in [6.07, 6.45) is -1.07. The lowest BCUT2D eigenvalue weighted by atomic mass is 9.97. The Hall–Kier alpha value is -5.24. The molecule has 3 aromatic heterocycles. The quantitative estimate of drug-likeness (QED) is 0.218. The van der Waals surface area contributed by atoms with Gasteiger partial charge < -0.3 is 9.97 Å². The van der Waals surface area contributed by atoms with Gasteiger partial charge in [0.1, 0.15) is 5.69 Å². The highest BCUT2D eigenvalue weighted by atomic mass is 19.4. The zero-order valence-corrected chi connectivity index (χ0v) is 20.9. The number of halogens is 3. The van der Waals surface area contributed by atoms with Crippen LogP contribution in [0, 0.1) is 0 Å². The molecule has 0 unspecified atom stereocenters. The van der Waals surface area contributed by atoms with Crippen molar-refractivity contribution < 1.29 is 13.2 Å². The lowest BCUT2D eigenvalue weighted by molar-refractivity contribution is -0.137. The summed E-state index contributed by atoms with van der Waals surface area (Å²) in [4.78, 5) is 11.2. The first-order valence-corrected chi connectivity index (χ1v) is 12.6. The summed E-state index contributed by atoms with van der Waals surface area (Å²) >= 11 is 0. The third-order valence-electron chi connectivity index (χ3n) is 7.04. The van der Waals surface area contributed by atoms with Crippen molar-refractivity contribution in [3.05, 3.63) is 115 Å². The normalized spacial score (nSPS) is 12.3. The molecule has 0 aliphatic heterocycles. The van der Waals surface area contributed by atoms with Gasteiger partial charge in [-0.1, -0.05) is 60.7 Å². The van der Waals surface area contributed by atoms with Gasteiger partial charge in [-0.05, 0) is 47.5 Å². The number of para-hydroxylation sites is 2. The average Bonchev–Trinajstić information content (AvgIpc) is 3.59. The maximum Gasteiger partial charge on any atom is 0.418 e. The molecule has 4 aromatic carbocycles. The molecule has 3 heterocycles. The Labute approximate surface area is 226 Å². The predicted molar refractivity (Wildman–Crippen MR) is 152 cm³/mol. The SMILES string of the molecule is FC(F)(F)c1cc(-c2cccc3nc(-c4c[nH]c5ccccc45)ccc23)ccc1N=Nc1c[nH]c2ccccc12. The number of rotatable bonds is 4. The second-order valence-corrected chi connectivity index (χ2v) is 9.47. The molecule has 0 radical (unpaired) electrons. The number of aromatic nitrogens is 3. The van der Waals surface area contributed by atoms with Crippen LogP contribution < -0.4 is 0 Å². The zero-order valence-electron chi connectivity index (χ0n) is 20.9. The molecule has 0 aliphatic rings. The van der Waals surface area contributed by atoms with E-state index in [-0.39, 0.29) is 5.69 Å². The Bertz CT molecular complexity index is 2070. The first kappa shape index (κ1) is 23.8. The smallest absolute Gasteiger partial charge is 0.360 e. The summed E-state index contributed by atoms with van der Waals surface area (Å²) < 4.78 is 42.6. The van der Waals surface area contributed by atoms with Gasteiger partial charge >= 0.3 is 6.18 Å². The summed E-state index contributed by atoms with van der Waals surface area (Å²) in [5, 5.41) is 10.7. The van der Waals surface area contributed by atoms with Crippen LogP contribution in [-0.4, -0.2) is 15.0 Å². The third kappa shape index (κ3) is 4.10. The highest BCUT2D eigenvalue weighted by Gasteiger charge is 2.34. The van der Waals surface area contributed by atoms with Crippen LogP contribution in [0.1, 0.15) is 5.56 Å². The molecule has 5 nitrogen and oxygen atoms in total. The molecule has 7 aromatic rings. The average molecular weight is 532 g/mol. The van der Waals surface area contributed by atoms with Crippen molar-refractivity contribution in [3.8, 4) is 22.4 Å². The van der Waals surface area contributed by atoms with Crippen LogP contribution in [-0.2, 0) is 6.18 Å². The monoisotopic (exact) mass is 531 g/mol. The first-order valence-electron chi connectivity index (χ1n) is 12.6. The Morgan fingerprint density at radius 1 is 0.600 bits per heavy atom. The number of azo groups is 1. The molecule has 0 amide bonds. The van der Waals surface area contributed by atoms with Crippen molar-refractivity contribution in [2.24, 2.45) is 10.2 Å². The van der Waals surface area contributed by atoms with Gasteiger partial charge in [0.15, 0.2) is 0 Å². The van der Waals surface area contributed by atoms with Gasteiger partial charge in [0.2, 0.25) is 0 Å². The Balaban J connectivity index is 1.29. The van der Waals surface area contributed by atoms with Crippen molar-refractivity contribution in [1.29, 1.82) is 0 Å². The van der Waals surface area contributed by atoms with Crippen molar-refractivity contribution in [3.63, 3.8) is 0 Å². The fourth-order valence-electron chi connectivity index (χ4n) is 5.10. The molecule has 2 N–H and O–H groups in total. The van der Waals surface area contributed by atoms with Crippen LogP contribution in [0.3, 0.4) is 0 Å². The maximum atomic E-state index is 14.2. The summed E-state index contributed by atoms with van der Waals surface area (Å²) in [7, 11) is 0. The van der Waals surface area contributed by atoms with Crippen molar-refractivity contribution in [2.45, 2.75) is 6.18 Å². The number of H-pyrrole nitrogens is 2. The fourth-order valence-corrected chi connectivity index (χ4v) is 5.10. The largest absolute Gasteiger partial charge is 0.418 e. The van der Waals surface area contributed by atoms with Crippen molar-refractivity contribution in [1.82, 2.24) is 15.0 Å². The lowest BCUT2D eigenvalue weighted by Gasteiger charge is -2.13. The number of alkyl halides is 3. The molecule has 0 saturated heterocycles. The second kappa shape index (κ2) is 9.20. The minimum Gasteiger partial charge on any atom is -0.360 e. The van der Waals surface area contributed by atoms with E-state index in [9.17, 15) is 13.2 Å². The molecule has 7 rings (SSSR count). The molecular weight excluding hydrogens is 511 g/mol. The Morgan fingerprint density at radius 3 is 2.15 bits per heavy atom. The van der Waals surface area contributed by atoms with Crippen LogP contribution in [0.25, 0.3) is 55.1 Å². The van der Waals surface area contributed by atoms with Gasteiger partial charge in [-0.25, -0.2) is 4.98 Å². The Morgan fingerprint density at radius 2 is 1.32 bits per heavy atom. The number of hydrogen-bond donors (Lipinski definition) is 2. The molecule has 0 fully saturated rings. The van der Waals surface area contributed by atoms with E-state index >= 15 is 0 Å². The molecule has 0 atom stereocenters. The number of benzene rings is 4. The number of fused-ring (bicyclic) bond motifs is 3. The van der Waals surface area contributed by atoms with Gasteiger partial charge in [-0.2, -0.15) is 13.2 Å². The maximum absolute atomic E-state index is 14.2. The van der Waals surface area contributed by atoms with Gasteiger partial charge in [0, 0.05) is 45.1 Å². The summed E-state index contributed by atoms with van der Waals surface area (Å²) in [6, 6.07) is 28.8. The highest BCUT2D eigenvalue weighted by Crippen LogP contribution is 2.41. The summed E-state index contributed by atoms with van der Waals surface area (Å²) in [6.45, 7) is 0. The Kier molecular flexibility index (Phi) is 5.48. The third-order valence-corrected chi connectivity index (χ3v) is 7.04. The van der Waals surface area contributed by atoms with Gasteiger partial charge in [0.05, 0.1) is 22.5 Å².